The molecular formula is C18H26OSi. The van der Waals surface area contributed by atoms with Gasteiger partial charge in [-0.3, -0.25) is 4.79 Å². The van der Waals surface area contributed by atoms with E-state index in [1.54, 1.807) is 0 Å². The highest BCUT2D eigenvalue weighted by Crippen LogP contribution is 2.51. The van der Waals surface area contributed by atoms with E-state index in [9.17, 15) is 4.79 Å². The van der Waals surface area contributed by atoms with Crippen LogP contribution in [-0.4, -0.2) is 13.9 Å². The summed E-state index contributed by atoms with van der Waals surface area (Å²) >= 11 is 0. The van der Waals surface area contributed by atoms with Gasteiger partial charge in [0.25, 0.3) is 0 Å². The largest absolute Gasteiger partial charge is 0.297 e. The summed E-state index contributed by atoms with van der Waals surface area (Å²) in [4.78, 5) is 13.1. The summed E-state index contributed by atoms with van der Waals surface area (Å²) in [7, 11) is -1.49. The van der Waals surface area contributed by atoms with Crippen molar-refractivity contribution in [2.24, 2.45) is 16.7 Å². The van der Waals surface area contributed by atoms with Crippen molar-refractivity contribution in [2.75, 3.05) is 0 Å². The molecule has 20 heavy (non-hydrogen) atoms. The summed E-state index contributed by atoms with van der Waals surface area (Å²) < 4.78 is 0. The number of ketones is 1. The SMILES string of the molecule is C=C1C=CC2(C#C[Si](C)(C)C)C(=O)C(C)(C)CCC2C1. The summed E-state index contributed by atoms with van der Waals surface area (Å²) in [5.74, 6) is 4.08. The molecule has 0 bridgehead atoms. The molecule has 2 rings (SSSR count). The smallest absolute Gasteiger partial charge is 0.160 e. The van der Waals surface area contributed by atoms with Gasteiger partial charge in [0.2, 0.25) is 0 Å². The highest BCUT2D eigenvalue weighted by atomic mass is 28.3. The highest BCUT2D eigenvalue weighted by Gasteiger charge is 2.53. The van der Waals surface area contributed by atoms with Crippen LogP contribution in [0.5, 0.6) is 0 Å². The number of Topliss-reactive ketones (excluding diaryl/α,β-unsaturated/α-hetero) is 1. The van der Waals surface area contributed by atoms with Gasteiger partial charge in [-0.25, -0.2) is 0 Å². The zero-order valence-electron chi connectivity index (χ0n) is 13.5. The number of hydrogen-bond donors (Lipinski definition) is 0. The summed E-state index contributed by atoms with van der Waals surface area (Å²) in [6, 6.07) is 0. The first kappa shape index (κ1) is 15.3. The summed E-state index contributed by atoms with van der Waals surface area (Å²) in [5.41, 5.74) is 3.78. The molecule has 1 nitrogen and oxygen atoms in total. The zero-order valence-corrected chi connectivity index (χ0v) is 14.5. The fourth-order valence-corrected chi connectivity index (χ4v) is 3.80. The van der Waals surface area contributed by atoms with Crippen molar-refractivity contribution < 1.29 is 4.79 Å². The van der Waals surface area contributed by atoms with Crippen LogP contribution < -0.4 is 0 Å². The standard InChI is InChI=1S/C18H26OSi/c1-14-7-10-18(11-12-20(4,5)6)15(13-14)8-9-17(2,3)16(18)19/h7,10,15H,1,8-9,13H2,2-6H3. The average Bonchev–Trinajstić information content (AvgIpc) is 2.32. The maximum Gasteiger partial charge on any atom is 0.160 e. The third-order valence-electron chi connectivity index (χ3n) is 4.49. The van der Waals surface area contributed by atoms with Crippen molar-refractivity contribution in [3.8, 4) is 11.5 Å². The summed E-state index contributed by atoms with van der Waals surface area (Å²) in [6.45, 7) is 14.9. The van der Waals surface area contributed by atoms with Crippen molar-refractivity contribution in [1.82, 2.24) is 0 Å². The van der Waals surface area contributed by atoms with Crippen LogP contribution in [0.1, 0.15) is 33.1 Å². The Morgan fingerprint density at radius 1 is 1.35 bits per heavy atom. The van der Waals surface area contributed by atoms with E-state index in [0.29, 0.717) is 11.7 Å². The molecule has 0 heterocycles. The normalized spacial score (nSPS) is 32.4. The molecule has 2 atom stereocenters. The fraction of sp³-hybridized carbons (Fsp3) is 0.611. The maximum absolute atomic E-state index is 13.1. The summed E-state index contributed by atoms with van der Waals surface area (Å²) in [6.07, 6.45) is 7.03. The second kappa shape index (κ2) is 4.74. The first-order valence-electron chi connectivity index (χ1n) is 7.53. The third-order valence-corrected chi connectivity index (χ3v) is 5.36. The van der Waals surface area contributed by atoms with Crippen molar-refractivity contribution in [3.05, 3.63) is 24.3 Å². The lowest BCUT2D eigenvalue weighted by Gasteiger charge is -2.46. The number of allylic oxidation sites excluding steroid dienone is 3. The van der Waals surface area contributed by atoms with Crippen LogP contribution in [0.25, 0.3) is 0 Å². The van der Waals surface area contributed by atoms with Crippen LogP contribution in [0, 0.1) is 28.2 Å². The van der Waals surface area contributed by atoms with Crippen molar-refractivity contribution >= 4 is 13.9 Å². The van der Waals surface area contributed by atoms with E-state index >= 15 is 0 Å². The quantitative estimate of drug-likeness (QED) is 0.477. The Kier molecular flexibility index (Phi) is 3.63. The molecule has 0 saturated heterocycles. The highest BCUT2D eigenvalue weighted by molar-refractivity contribution is 6.83. The van der Waals surface area contributed by atoms with Gasteiger partial charge in [0.15, 0.2) is 5.78 Å². The van der Waals surface area contributed by atoms with Crippen LogP contribution in [0.4, 0.5) is 0 Å². The average molecular weight is 286 g/mol. The van der Waals surface area contributed by atoms with Crippen LogP contribution in [0.2, 0.25) is 19.6 Å². The van der Waals surface area contributed by atoms with Crippen molar-refractivity contribution in [2.45, 2.75) is 52.8 Å². The molecule has 0 radical (unpaired) electrons. The molecule has 0 N–H and O–H groups in total. The molecule has 2 heteroatoms. The lowest BCUT2D eigenvalue weighted by Crippen LogP contribution is -2.49. The topological polar surface area (TPSA) is 17.1 Å². The Balaban J connectivity index is 2.54. The monoisotopic (exact) mass is 286 g/mol. The Labute approximate surface area is 124 Å². The lowest BCUT2D eigenvalue weighted by molar-refractivity contribution is -0.139. The molecule has 2 aliphatic rings. The number of rotatable bonds is 0. The van der Waals surface area contributed by atoms with Gasteiger partial charge in [0.05, 0.1) is 0 Å². The molecule has 2 aliphatic carbocycles. The van der Waals surface area contributed by atoms with Crippen molar-refractivity contribution in [1.29, 1.82) is 0 Å². The van der Waals surface area contributed by atoms with Gasteiger partial charge in [-0.2, -0.15) is 0 Å². The van der Waals surface area contributed by atoms with Gasteiger partial charge in [0, 0.05) is 5.41 Å². The summed E-state index contributed by atoms with van der Waals surface area (Å²) in [5, 5.41) is 0. The molecule has 1 fully saturated rings. The molecule has 0 aliphatic heterocycles. The third kappa shape index (κ3) is 2.69. The van der Waals surface area contributed by atoms with E-state index in [-0.39, 0.29) is 5.41 Å². The minimum atomic E-state index is -1.49. The first-order valence-corrected chi connectivity index (χ1v) is 11.0. The zero-order chi connectivity index (χ0) is 15.2. The molecule has 2 unspecified atom stereocenters. The number of carbonyl (C=O) groups excluding carboxylic acids is 1. The van der Waals surface area contributed by atoms with Gasteiger partial charge in [0.1, 0.15) is 13.5 Å². The van der Waals surface area contributed by atoms with E-state index in [4.69, 9.17) is 0 Å². The minimum Gasteiger partial charge on any atom is -0.297 e. The van der Waals surface area contributed by atoms with Gasteiger partial charge in [-0.15, -0.1) is 5.54 Å². The molecule has 0 spiro atoms. The number of carbonyl (C=O) groups is 1. The van der Waals surface area contributed by atoms with Crippen molar-refractivity contribution in [3.63, 3.8) is 0 Å². The second-order valence-electron chi connectivity index (χ2n) is 8.01. The molecular weight excluding hydrogens is 260 g/mol. The number of hydrogen-bond acceptors (Lipinski definition) is 1. The Morgan fingerprint density at radius 2 is 2.00 bits per heavy atom. The van der Waals surface area contributed by atoms with Gasteiger partial charge in [-0.1, -0.05) is 63.7 Å². The Bertz CT molecular complexity index is 536. The molecule has 1 saturated carbocycles. The lowest BCUT2D eigenvalue weighted by atomic mass is 9.55. The van der Waals surface area contributed by atoms with Gasteiger partial charge in [-0.05, 0) is 25.2 Å². The van der Waals surface area contributed by atoms with E-state index in [1.807, 2.05) is 6.08 Å². The molecule has 0 aromatic rings. The predicted octanol–water partition coefficient (Wildman–Crippen LogP) is 4.38. The Morgan fingerprint density at radius 3 is 2.60 bits per heavy atom. The first-order chi connectivity index (χ1) is 9.07. The van der Waals surface area contributed by atoms with E-state index in [1.165, 1.54) is 0 Å². The van der Waals surface area contributed by atoms with Crippen LogP contribution in [-0.2, 0) is 4.79 Å². The maximum atomic E-state index is 13.1. The van der Waals surface area contributed by atoms with Gasteiger partial charge >= 0.3 is 0 Å². The Hall–Kier alpha value is -1.07. The number of fused-ring (bicyclic) bond motifs is 1. The van der Waals surface area contributed by atoms with Crippen LogP contribution >= 0.6 is 0 Å². The van der Waals surface area contributed by atoms with Crippen LogP contribution in [0.15, 0.2) is 24.3 Å². The van der Waals surface area contributed by atoms with E-state index in [0.717, 1.165) is 24.8 Å². The second-order valence-corrected chi connectivity index (χ2v) is 12.8. The van der Waals surface area contributed by atoms with Crippen LogP contribution in [0.3, 0.4) is 0 Å². The minimum absolute atomic E-state index is 0.256. The molecule has 0 amide bonds. The fourth-order valence-electron chi connectivity index (χ4n) is 3.22. The van der Waals surface area contributed by atoms with E-state index in [2.05, 4.69) is 57.6 Å². The van der Waals surface area contributed by atoms with E-state index < -0.39 is 13.5 Å². The molecule has 108 valence electrons. The predicted molar refractivity (Wildman–Crippen MR) is 88.0 cm³/mol. The molecule has 0 aromatic heterocycles. The molecule has 0 aromatic carbocycles. The van der Waals surface area contributed by atoms with Gasteiger partial charge < -0.3 is 0 Å².